The summed E-state index contributed by atoms with van der Waals surface area (Å²) in [6, 6.07) is 80.9. The monoisotopic (exact) mass is 976 g/mol. The molecule has 0 saturated carbocycles. The van der Waals surface area contributed by atoms with Crippen molar-refractivity contribution in [1.82, 2.24) is 0 Å². The van der Waals surface area contributed by atoms with E-state index in [4.69, 9.17) is 0 Å². The first kappa shape index (κ1) is 46.2. The van der Waals surface area contributed by atoms with Crippen LogP contribution in [-0.2, 0) is 0 Å². The number of anilines is 6. The molecule has 8 heteroatoms. The molecule has 6 nitrogen and oxygen atoms in total. The Kier molecular flexibility index (Phi) is 11.7. The number of hydrogen-bond donors (Lipinski definition) is 0. The Morgan fingerprint density at radius 1 is 0.276 bits per heavy atom. The van der Waals surface area contributed by atoms with Gasteiger partial charge in [0.15, 0.2) is 0 Å². The quantitative estimate of drug-likeness (QED) is 0.127. The van der Waals surface area contributed by atoms with Crippen molar-refractivity contribution in [1.29, 1.82) is 21.0 Å². The molecule has 0 unspecified atom stereocenters. The van der Waals surface area contributed by atoms with Gasteiger partial charge in [-0.1, -0.05) is 97.1 Å². The topological polar surface area (TPSA) is 102 Å². The molecule has 0 aliphatic carbocycles. The molecule has 0 N–H and O–H groups in total. The van der Waals surface area contributed by atoms with Gasteiger partial charge in [0.25, 0.3) is 0 Å². The number of hydrogen-bond acceptors (Lipinski definition) is 6. The fourth-order valence-corrected chi connectivity index (χ4v) is 10.3. The highest BCUT2D eigenvalue weighted by Gasteiger charge is 2.24. The summed E-state index contributed by atoms with van der Waals surface area (Å²) < 4.78 is 31.3. The van der Waals surface area contributed by atoms with Gasteiger partial charge in [0.1, 0.15) is 11.6 Å². The summed E-state index contributed by atoms with van der Waals surface area (Å²) >= 11 is 0. The van der Waals surface area contributed by atoms with Crippen LogP contribution in [0.2, 0.25) is 0 Å². The second-order valence-corrected chi connectivity index (χ2v) is 18.5. The summed E-state index contributed by atoms with van der Waals surface area (Å²) in [5.41, 5.74) is 13.4. The third-order valence-corrected chi connectivity index (χ3v) is 14.0. The van der Waals surface area contributed by atoms with E-state index in [2.05, 4.69) is 119 Å². The normalized spacial score (nSPS) is 11.0. The zero-order valence-corrected chi connectivity index (χ0v) is 40.4. The first-order valence-electron chi connectivity index (χ1n) is 24.4. The molecule has 0 atom stereocenters. The Labute approximate surface area is 437 Å². The first-order chi connectivity index (χ1) is 37.2. The molecule has 0 radical (unpaired) electrons. The van der Waals surface area contributed by atoms with Crippen LogP contribution in [0.1, 0.15) is 22.3 Å². The Bertz CT molecular complexity index is 3970. The van der Waals surface area contributed by atoms with Crippen LogP contribution >= 0.6 is 0 Å². The van der Waals surface area contributed by atoms with Crippen LogP contribution in [-0.4, -0.2) is 0 Å². The van der Waals surface area contributed by atoms with E-state index in [1.54, 1.807) is 60.7 Å². The Morgan fingerprint density at radius 2 is 0.579 bits per heavy atom. The van der Waals surface area contributed by atoms with E-state index >= 15 is 8.78 Å². The number of nitrogens with zero attached hydrogens (tertiary/aromatic N) is 6. The van der Waals surface area contributed by atoms with Gasteiger partial charge < -0.3 is 9.80 Å². The van der Waals surface area contributed by atoms with Crippen LogP contribution in [0.25, 0.3) is 76.8 Å². The molecule has 354 valence electrons. The third-order valence-electron chi connectivity index (χ3n) is 14.0. The van der Waals surface area contributed by atoms with Gasteiger partial charge in [0, 0.05) is 33.5 Å². The van der Waals surface area contributed by atoms with Crippen molar-refractivity contribution < 1.29 is 8.78 Å². The van der Waals surface area contributed by atoms with Gasteiger partial charge in [0.2, 0.25) is 0 Å². The Hall–Kier alpha value is -10.9. The molecular weight excluding hydrogens is 939 g/mol. The minimum absolute atomic E-state index is 0.400. The van der Waals surface area contributed by atoms with E-state index in [9.17, 15) is 21.0 Å². The molecule has 0 aromatic heterocycles. The van der Waals surface area contributed by atoms with E-state index in [1.807, 2.05) is 60.7 Å². The molecule has 12 aromatic carbocycles. The van der Waals surface area contributed by atoms with Crippen molar-refractivity contribution in [3.05, 3.63) is 264 Å². The first-order valence-corrected chi connectivity index (χ1v) is 24.4. The fraction of sp³-hybridized carbons (Fsp3) is 0. The zero-order chi connectivity index (χ0) is 51.9. The van der Waals surface area contributed by atoms with Crippen LogP contribution < -0.4 is 9.80 Å². The summed E-state index contributed by atoms with van der Waals surface area (Å²) in [4.78, 5) is 4.16. The van der Waals surface area contributed by atoms with Gasteiger partial charge in [-0.25, -0.2) is 8.78 Å². The van der Waals surface area contributed by atoms with Crippen LogP contribution in [0.3, 0.4) is 0 Å². The predicted molar refractivity (Wildman–Crippen MR) is 300 cm³/mol. The van der Waals surface area contributed by atoms with E-state index < -0.39 is 11.6 Å². The molecule has 0 amide bonds. The molecule has 0 heterocycles. The maximum absolute atomic E-state index is 15.6. The molecule has 0 bridgehead atoms. The molecule has 0 fully saturated rings. The summed E-state index contributed by atoms with van der Waals surface area (Å²) in [6.45, 7) is 0. The maximum Gasteiger partial charge on any atom is 0.125 e. The standard InChI is InChI=1S/C68H38F2N6/c69-57-3-1-5-59(37-57)75(61-33-53(47-15-7-43(39-71)8-16-47)31-54(34-61)48-17-9-44(40-72)10-18-48)65-29-25-51-24-28-64-66(30-26-52-23-27-63(65)67(51)68(52)64)76(60-6-2-4-58(70)38-60)62-35-55(49-19-11-45(41-73)12-20-49)32-56(36-62)50-21-13-46(42-74)14-22-50/h1-38H. The minimum Gasteiger partial charge on any atom is -0.310 e. The minimum atomic E-state index is -0.400. The second kappa shape index (κ2) is 19.3. The van der Waals surface area contributed by atoms with E-state index in [0.717, 1.165) is 99.6 Å². The number of halogens is 2. The molecule has 0 saturated heterocycles. The van der Waals surface area contributed by atoms with Gasteiger partial charge in [-0.2, -0.15) is 21.0 Å². The van der Waals surface area contributed by atoms with Gasteiger partial charge in [-0.3, -0.25) is 0 Å². The SMILES string of the molecule is N#Cc1ccc(-c2cc(-c3ccc(C#N)cc3)cc(N(c3cccc(F)c3)c3ccc4ccc5c(N(c6cccc(F)c6)c6cc(-c7ccc(C#N)cc7)cc(-c7ccc(C#N)cc7)c6)ccc6ccc3c4c65)c2)cc1. The summed E-state index contributed by atoms with van der Waals surface area (Å²) in [5.74, 6) is -0.799. The molecular formula is C68H38F2N6. The largest absolute Gasteiger partial charge is 0.310 e. The van der Waals surface area contributed by atoms with E-state index in [0.29, 0.717) is 33.6 Å². The second-order valence-electron chi connectivity index (χ2n) is 18.5. The van der Waals surface area contributed by atoms with Crippen LogP contribution in [0, 0.1) is 57.0 Å². The lowest BCUT2D eigenvalue weighted by molar-refractivity contribution is 0.627. The average molecular weight is 977 g/mol. The van der Waals surface area contributed by atoms with Crippen molar-refractivity contribution in [3.63, 3.8) is 0 Å². The van der Waals surface area contributed by atoms with Crippen molar-refractivity contribution in [3.8, 4) is 68.8 Å². The van der Waals surface area contributed by atoms with Crippen molar-refractivity contribution >= 4 is 66.4 Å². The Balaban J connectivity index is 1.10. The predicted octanol–water partition coefficient (Wildman–Crippen LogP) is 18.0. The summed E-state index contributed by atoms with van der Waals surface area (Å²) in [5, 5.41) is 44.4. The third kappa shape index (κ3) is 8.51. The van der Waals surface area contributed by atoms with Crippen LogP contribution in [0.4, 0.5) is 42.9 Å². The van der Waals surface area contributed by atoms with Gasteiger partial charge in [0.05, 0.1) is 57.9 Å². The number of rotatable bonds is 10. The van der Waals surface area contributed by atoms with Gasteiger partial charge in [-0.15, -0.1) is 0 Å². The molecule has 12 rings (SSSR count). The molecule has 0 aliphatic rings. The van der Waals surface area contributed by atoms with Crippen molar-refractivity contribution in [2.75, 3.05) is 9.80 Å². The highest BCUT2D eigenvalue weighted by Crippen LogP contribution is 2.49. The number of benzene rings is 12. The number of nitriles is 4. The van der Waals surface area contributed by atoms with Crippen molar-refractivity contribution in [2.45, 2.75) is 0 Å². The molecule has 0 aliphatic heterocycles. The highest BCUT2D eigenvalue weighted by atomic mass is 19.1. The highest BCUT2D eigenvalue weighted by molar-refractivity contribution is 6.28. The lowest BCUT2D eigenvalue weighted by atomic mass is 9.91. The van der Waals surface area contributed by atoms with Gasteiger partial charge >= 0.3 is 0 Å². The van der Waals surface area contributed by atoms with Crippen LogP contribution in [0.15, 0.2) is 231 Å². The summed E-state index contributed by atoms with van der Waals surface area (Å²) in [7, 11) is 0. The average Bonchev–Trinajstić information content (AvgIpc) is 3.60. The van der Waals surface area contributed by atoms with Crippen molar-refractivity contribution in [2.24, 2.45) is 0 Å². The van der Waals surface area contributed by atoms with Gasteiger partial charge in [-0.05, 0) is 200 Å². The molecule has 76 heavy (non-hydrogen) atoms. The maximum atomic E-state index is 15.6. The zero-order valence-electron chi connectivity index (χ0n) is 40.4. The van der Waals surface area contributed by atoms with E-state index in [1.165, 1.54) is 24.3 Å². The molecule has 0 spiro atoms. The summed E-state index contributed by atoms with van der Waals surface area (Å²) in [6.07, 6.45) is 0. The lowest BCUT2D eigenvalue weighted by Gasteiger charge is -2.30. The lowest BCUT2D eigenvalue weighted by Crippen LogP contribution is -2.12. The molecule has 12 aromatic rings. The fourth-order valence-electron chi connectivity index (χ4n) is 10.3. The smallest absolute Gasteiger partial charge is 0.125 e. The Morgan fingerprint density at radius 3 is 0.868 bits per heavy atom. The van der Waals surface area contributed by atoms with Crippen LogP contribution in [0.5, 0.6) is 0 Å². The van der Waals surface area contributed by atoms with E-state index in [-0.39, 0.29) is 0 Å².